The number of rotatable bonds is 5. The zero-order valence-electron chi connectivity index (χ0n) is 20.8. The van der Waals surface area contributed by atoms with Gasteiger partial charge in [-0.15, -0.1) is 0 Å². The summed E-state index contributed by atoms with van der Waals surface area (Å²) in [6.45, 7) is 5.07. The van der Waals surface area contributed by atoms with Gasteiger partial charge in [0.25, 0.3) is 0 Å². The highest BCUT2D eigenvalue weighted by Gasteiger charge is 2.34. The van der Waals surface area contributed by atoms with Gasteiger partial charge >= 0.3 is 12.4 Å². The molecule has 13 heteroatoms. The number of imidazole rings is 1. The standard InChI is InChI=1S/C26H22F6N4O2S/c1-24(2,3)35-39(37,38)20-6-4-5-17(11-20)21-14-36(15-33-21)23-13-18(12-22(34-23)26(30,31)32)16-7-9-19(10-8-16)25(27,28)29/h4-15,35H,1-3H3. The molecule has 0 atom stereocenters. The predicted molar refractivity (Wildman–Crippen MR) is 132 cm³/mol. The first kappa shape index (κ1) is 28.3. The molecule has 0 radical (unpaired) electrons. The Labute approximate surface area is 220 Å². The van der Waals surface area contributed by atoms with Crippen LogP contribution in [-0.2, 0) is 22.4 Å². The number of pyridine rings is 1. The third-order valence-corrected chi connectivity index (χ3v) is 7.13. The van der Waals surface area contributed by atoms with Crippen LogP contribution in [0.5, 0.6) is 0 Å². The van der Waals surface area contributed by atoms with Crippen LogP contribution in [0.2, 0.25) is 0 Å². The maximum atomic E-state index is 13.6. The van der Waals surface area contributed by atoms with Crippen molar-refractivity contribution in [2.24, 2.45) is 0 Å². The average molecular weight is 569 g/mol. The Morgan fingerprint density at radius 3 is 2.05 bits per heavy atom. The van der Waals surface area contributed by atoms with Crippen molar-refractivity contribution in [2.75, 3.05) is 0 Å². The van der Waals surface area contributed by atoms with Gasteiger partial charge < -0.3 is 0 Å². The monoisotopic (exact) mass is 568 g/mol. The maximum absolute atomic E-state index is 13.6. The van der Waals surface area contributed by atoms with Crippen molar-refractivity contribution < 1.29 is 34.8 Å². The normalized spacial score (nSPS) is 13.1. The highest BCUT2D eigenvalue weighted by molar-refractivity contribution is 7.89. The predicted octanol–water partition coefficient (Wildman–Crippen LogP) is 6.72. The molecule has 4 rings (SSSR count). The van der Waals surface area contributed by atoms with Gasteiger partial charge in [-0.3, -0.25) is 4.57 Å². The Morgan fingerprint density at radius 1 is 0.795 bits per heavy atom. The molecule has 0 aliphatic rings. The molecule has 4 aromatic rings. The molecule has 0 bridgehead atoms. The summed E-state index contributed by atoms with van der Waals surface area (Å²) in [5.41, 5.74) is -2.13. The Kier molecular flexibility index (Phi) is 7.11. The highest BCUT2D eigenvalue weighted by atomic mass is 32.2. The molecule has 39 heavy (non-hydrogen) atoms. The molecule has 0 unspecified atom stereocenters. The van der Waals surface area contributed by atoms with E-state index >= 15 is 0 Å². The Balaban J connectivity index is 1.74. The fourth-order valence-corrected chi connectivity index (χ4v) is 5.16. The topological polar surface area (TPSA) is 76.9 Å². The van der Waals surface area contributed by atoms with Crippen LogP contribution in [-0.4, -0.2) is 28.5 Å². The van der Waals surface area contributed by atoms with Crippen LogP contribution in [0, 0.1) is 0 Å². The number of nitrogens with zero attached hydrogens (tertiary/aromatic N) is 3. The summed E-state index contributed by atoms with van der Waals surface area (Å²) in [6, 6.07) is 11.7. The van der Waals surface area contributed by atoms with Crippen molar-refractivity contribution in [3.63, 3.8) is 0 Å². The van der Waals surface area contributed by atoms with Gasteiger partial charge in [0.2, 0.25) is 10.0 Å². The zero-order valence-corrected chi connectivity index (χ0v) is 21.6. The molecule has 0 aliphatic heterocycles. The molecule has 0 spiro atoms. The first-order chi connectivity index (χ1) is 17.9. The van der Waals surface area contributed by atoms with Gasteiger partial charge in [0.05, 0.1) is 16.2 Å². The van der Waals surface area contributed by atoms with E-state index in [1.807, 2.05) is 0 Å². The van der Waals surface area contributed by atoms with Crippen molar-refractivity contribution in [3.8, 4) is 28.2 Å². The second-order valence-corrected chi connectivity index (χ2v) is 11.4. The van der Waals surface area contributed by atoms with E-state index in [9.17, 15) is 34.8 Å². The minimum Gasteiger partial charge on any atom is -0.290 e. The van der Waals surface area contributed by atoms with E-state index in [1.165, 1.54) is 41.4 Å². The number of benzene rings is 2. The summed E-state index contributed by atoms with van der Waals surface area (Å²) in [4.78, 5) is 7.85. The van der Waals surface area contributed by atoms with Gasteiger partial charge in [0.1, 0.15) is 17.8 Å². The molecule has 1 N–H and O–H groups in total. The molecule has 0 saturated carbocycles. The molecule has 206 valence electrons. The van der Waals surface area contributed by atoms with Crippen LogP contribution in [0.4, 0.5) is 26.3 Å². The van der Waals surface area contributed by atoms with E-state index in [0.717, 1.165) is 30.3 Å². The minimum absolute atomic E-state index is 0.00218. The molecular weight excluding hydrogens is 546 g/mol. The van der Waals surface area contributed by atoms with E-state index in [2.05, 4.69) is 14.7 Å². The lowest BCUT2D eigenvalue weighted by Gasteiger charge is -2.20. The second kappa shape index (κ2) is 9.79. The maximum Gasteiger partial charge on any atom is 0.433 e. The summed E-state index contributed by atoms with van der Waals surface area (Å²) < 4.78 is 109. The Morgan fingerprint density at radius 2 is 1.46 bits per heavy atom. The van der Waals surface area contributed by atoms with Gasteiger partial charge in [0, 0.05) is 17.3 Å². The van der Waals surface area contributed by atoms with Crippen LogP contribution in [0.3, 0.4) is 0 Å². The van der Waals surface area contributed by atoms with E-state index in [4.69, 9.17) is 0 Å². The van der Waals surface area contributed by atoms with Gasteiger partial charge in [-0.25, -0.2) is 23.1 Å². The summed E-state index contributed by atoms with van der Waals surface area (Å²) in [7, 11) is -3.86. The van der Waals surface area contributed by atoms with Gasteiger partial charge in [-0.05, 0) is 68.3 Å². The van der Waals surface area contributed by atoms with Gasteiger partial charge in [-0.2, -0.15) is 26.3 Å². The third-order valence-electron chi connectivity index (χ3n) is 5.38. The van der Waals surface area contributed by atoms with Gasteiger partial charge in [0.15, 0.2) is 0 Å². The lowest BCUT2D eigenvalue weighted by molar-refractivity contribution is -0.141. The molecule has 2 aromatic carbocycles. The first-order valence-electron chi connectivity index (χ1n) is 11.4. The average Bonchev–Trinajstić information content (AvgIpc) is 3.32. The van der Waals surface area contributed by atoms with E-state index in [1.54, 1.807) is 26.8 Å². The number of hydrogen-bond acceptors (Lipinski definition) is 4. The lowest BCUT2D eigenvalue weighted by atomic mass is 10.0. The third kappa shape index (κ3) is 6.66. The second-order valence-electron chi connectivity index (χ2n) is 9.72. The molecule has 2 aromatic heterocycles. The zero-order chi connectivity index (χ0) is 28.8. The molecule has 0 fully saturated rings. The minimum atomic E-state index is -4.83. The summed E-state index contributed by atoms with van der Waals surface area (Å²) in [5.74, 6) is -0.184. The van der Waals surface area contributed by atoms with Crippen molar-refractivity contribution in [1.29, 1.82) is 0 Å². The van der Waals surface area contributed by atoms with Crippen molar-refractivity contribution in [1.82, 2.24) is 19.3 Å². The van der Waals surface area contributed by atoms with Gasteiger partial charge in [-0.1, -0.05) is 24.3 Å². The number of alkyl halides is 6. The molecule has 2 heterocycles. The van der Waals surface area contributed by atoms with E-state index in [0.29, 0.717) is 5.56 Å². The first-order valence-corrected chi connectivity index (χ1v) is 12.9. The lowest BCUT2D eigenvalue weighted by Crippen LogP contribution is -2.40. The SMILES string of the molecule is CC(C)(C)NS(=O)(=O)c1cccc(-c2cn(-c3cc(-c4ccc(C(F)(F)F)cc4)cc(C(F)(F)F)n3)cn2)c1. The Hall–Kier alpha value is -3.71. The van der Waals surface area contributed by atoms with Crippen LogP contribution < -0.4 is 4.72 Å². The van der Waals surface area contributed by atoms with E-state index in [-0.39, 0.29) is 27.5 Å². The molecule has 0 amide bonds. The number of sulfonamides is 1. The van der Waals surface area contributed by atoms with Crippen molar-refractivity contribution in [3.05, 3.63) is 84.4 Å². The molecule has 0 saturated heterocycles. The molecular formula is C26H22F6N4O2S. The summed E-state index contributed by atoms with van der Waals surface area (Å²) >= 11 is 0. The van der Waals surface area contributed by atoms with Crippen molar-refractivity contribution >= 4 is 10.0 Å². The quantitative estimate of drug-likeness (QED) is 0.272. The van der Waals surface area contributed by atoms with Crippen LogP contribution in [0.15, 0.2) is 78.1 Å². The fraction of sp³-hybridized carbons (Fsp3) is 0.231. The number of nitrogens with one attached hydrogen (secondary N) is 1. The highest BCUT2D eigenvalue weighted by Crippen LogP contribution is 2.35. The van der Waals surface area contributed by atoms with Crippen LogP contribution >= 0.6 is 0 Å². The largest absolute Gasteiger partial charge is 0.433 e. The van der Waals surface area contributed by atoms with Crippen molar-refractivity contribution in [2.45, 2.75) is 43.6 Å². The fourth-order valence-electron chi connectivity index (χ4n) is 3.69. The number of aromatic nitrogens is 3. The smallest absolute Gasteiger partial charge is 0.290 e. The van der Waals surface area contributed by atoms with Crippen LogP contribution in [0.25, 0.3) is 28.2 Å². The molecule has 0 aliphatic carbocycles. The number of halogens is 6. The number of hydrogen-bond donors (Lipinski definition) is 1. The van der Waals surface area contributed by atoms with Crippen LogP contribution in [0.1, 0.15) is 32.0 Å². The Bertz CT molecular complexity index is 1600. The summed E-state index contributed by atoms with van der Waals surface area (Å²) in [6.07, 6.45) is -6.83. The van der Waals surface area contributed by atoms with E-state index < -0.39 is 39.2 Å². The summed E-state index contributed by atoms with van der Waals surface area (Å²) in [5, 5.41) is 0. The molecule has 6 nitrogen and oxygen atoms in total.